The molecule has 0 bridgehead atoms. The molecule has 0 aliphatic heterocycles. The van der Waals surface area contributed by atoms with Crippen LogP contribution < -0.4 is 0 Å². The van der Waals surface area contributed by atoms with Gasteiger partial charge in [0.05, 0.1) is 22.3 Å². The lowest BCUT2D eigenvalue weighted by Crippen LogP contribution is -2.10. The summed E-state index contributed by atoms with van der Waals surface area (Å²) in [5.74, 6) is -0.318. The smallest absolute Gasteiger partial charge is 0.149 e. The third-order valence-corrected chi connectivity index (χ3v) is 11.3. The van der Waals surface area contributed by atoms with Gasteiger partial charge in [-0.05, 0) is 141 Å². The van der Waals surface area contributed by atoms with Crippen LogP contribution in [0.2, 0.25) is 0 Å². The number of para-hydroxylation sites is 1. The van der Waals surface area contributed by atoms with Gasteiger partial charge in [-0.15, -0.1) is 0 Å². The molecule has 0 saturated carbocycles. The van der Waals surface area contributed by atoms with Crippen LogP contribution in [0.1, 0.15) is 76.3 Å². The maximum Gasteiger partial charge on any atom is 0.149 e. The Labute approximate surface area is 373 Å². The highest BCUT2D eigenvalue weighted by atomic mass is 16.3. The fourth-order valence-electron chi connectivity index (χ4n) is 8.27. The lowest BCUT2D eigenvalue weighted by Gasteiger charge is -2.19. The second-order valence-electron chi connectivity index (χ2n) is 15.9. The number of aromatic hydroxyl groups is 1. The summed E-state index contributed by atoms with van der Waals surface area (Å²) in [7, 11) is 0. The Kier molecular flexibility index (Phi) is 7.60. The number of rotatable bonds is 8. The van der Waals surface area contributed by atoms with Crippen molar-refractivity contribution in [2.75, 3.05) is 0 Å². The lowest BCUT2D eigenvalue weighted by atomic mass is 9.86. The predicted molar refractivity (Wildman–Crippen MR) is 255 cm³/mol. The Bertz CT molecular complexity index is 3410. The maximum atomic E-state index is 11.8. The summed E-state index contributed by atoms with van der Waals surface area (Å²) in [4.78, 5) is 10.2. The highest BCUT2D eigenvalue weighted by Gasteiger charge is 2.23. The van der Waals surface area contributed by atoms with Crippen molar-refractivity contribution >= 4 is 11.0 Å². The molecule has 0 unspecified atom stereocenters. The van der Waals surface area contributed by atoms with Gasteiger partial charge < -0.3 is 5.11 Å². The van der Waals surface area contributed by atoms with Crippen LogP contribution in [0.5, 0.6) is 5.75 Å². The summed E-state index contributed by atoms with van der Waals surface area (Å²) in [5, 5.41) is 11.8. The van der Waals surface area contributed by atoms with Crippen molar-refractivity contribution in [1.82, 2.24) is 14.5 Å². The minimum absolute atomic E-state index is 0.121. The van der Waals surface area contributed by atoms with Crippen molar-refractivity contribution in [3.63, 3.8) is 0 Å². The van der Waals surface area contributed by atoms with Gasteiger partial charge in [-0.2, -0.15) is 0 Å². The SMILES string of the molecule is [2H]C(C)(C)c1cc(-n2c(-c3cc(C)cc(C)c3O)nc3c(-c4cc(-c5ccccc5)cc(-c5cc(-c6ccc(C(C([2H])([2H])[2H])(C([2H])([2H])[2H])C([2H])([2H])[2H])cc6)ccn5)c4)cccc32)ccc1-c1ccccc1. The number of imidazole rings is 1. The zero-order valence-electron chi connectivity index (χ0n) is 44.5. The largest absolute Gasteiger partial charge is 0.507 e. The number of benzene rings is 7. The van der Waals surface area contributed by atoms with E-state index in [1.54, 1.807) is 24.4 Å². The molecule has 0 fully saturated rings. The Balaban J connectivity index is 1.23. The standard InChI is InChI=1S/C57H51N3O/c1-36(2)50-35-47(25-26-48(50)41-17-12-9-13-18-41)60-53-20-14-19-49(54(53)59-56(60)51-30-37(3)29-38(4)55(51)61)44-31-43(39-15-10-8-11-16-39)32-45(33-44)52-34-42(27-28-58-52)40-21-23-46(24-22-40)57(5,6)7/h8-36,61H,1-7H3/i5D3,6D3,7D3,36D. The molecular weight excluding hydrogens is 743 g/mol. The van der Waals surface area contributed by atoms with Crippen molar-refractivity contribution in [2.24, 2.45) is 0 Å². The molecule has 1 N–H and O–H groups in total. The molecule has 4 nitrogen and oxygen atoms in total. The van der Waals surface area contributed by atoms with Crippen LogP contribution in [0.3, 0.4) is 0 Å². The van der Waals surface area contributed by atoms with Gasteiger partial charge in [0.2, 0.25) is 0 Å². The van der Waals surface area contributed by atoms with E-state index in [-0.39, 0.29) is 11.3 Å². The van der Waals surface area contributed by atoms with Gasteiger partial charge >= 0.3 is 0 Å². The molecule has 0 spiro atoms. The molecule has 2 aromatic heterocycles. The first-order valence-electron chi connectivity index (χ1n) is 25.3. The first-order chi connectivity index (χ1) is 33.5. The second-order valence-corrected chi connectivity index (χ2v) is 15.9. The molecular formula is C57H51N3O. The highest BCUT2D eigenvalue weighted by Crippen LogP contribution is 2.42. The molecule has 0 atom stereocenters. The minimum Gasteiger partial charge on any atom is -0.507 e. The van der Waals surface area contributed by atoms with Gasteiger partial charge in [0, 0.05) is 36.7 Å². The summed E-state index contributed by atoms with van der Waals surface area (Å²) in [6.45, 7) is -2.50. The van der Waals surface area contributed by atoms with Crippen LogP contribution in [0, 0.1) is 13.8 Å². The lowest BCUT2D eigenvalue weighted by molar-refractivity contribution is 0.472. The Hall–Kier alpha value is -7.04. The summed E-state index contributed by atoms with van der Waals surface area (Å²) in [6, 6.07) is 51.6. The van der Waals surface area contributed by atoms with Gasteiger partial charge in [-0.25, -0.2) is 4.98 Å². The average Bonchev–Trinajstić information content (AvgIpc) is 3.71. The molecule has 0 amide bonds. The minimum atomic E-state index is -3.38. The molecule has 9 aromatic rings. The first kappa shape index (κ1) is 29.2. The zero-order chi connectivity index (χ0) is 50.8. The Morgan fingerprint density at radius 3 is 2.00 bits per heavy atom. The number of nitrogens with zero attached hydrogens (tertiary/aromatic N) is 3. The third kappa shape index (κ3) is 7.66. The number of pyridine rings is 1. The average molecular weight is 804 g/mol. The van der Waals surface area contributed by atoms with Crippen LogP contribution in [0.25, 0.3) is 83.9 Å². The van der Waals surface area contributed by atoms with Crippen molar-refractivity contribution in [3.8, 4) is 78.6 Å². The Morgan fingerprint density at radius 2 is 1.28 bits per heavy atom. The molecule has 4 heteroatoms. The van der Waals surface area contributed by atoms with E-state index in [1.165, 1.54) is 12.1 Å². The quantitative estimate of drug-likeness (QED) is 0.166. The molecule has 7 aromatic carbocycles. The van der Waals surface area contributed by atoms with Crippen LogP contribution in [0.4, 0.5) is 0 Å². The van der Waals surface area contributed by atoms with E-state index in [0.717, 1.165) is 61.3 Å². The summed E-state index contributed by atoms with van der Waals surface area (Å²) >= 11 is 0. The van der Waals surface area contributed by atoms with Gasteiger partial charge in [0.15, 0.2) is 0 Å². The number of phenols is 1. The van der Waals surface area contributed by atoms with Gasteiger partial charge in [0.25, 0.3) is 0 Å². The van der Waals surface area contributed by atoms with E-state index in [2.05, 4.69) is 34.9 Å². The third-order valence-electron chi connectivity index (χ3n) is 11.3. The molecule has 0 aliphatic carbocycles. The van der Waals surface area contributed by atoms with Crippen LogP contribution in [-0.4, -0.2) is 19.6 Å². The van der Waals surface area contributed by atoms with E-state index in [9.17, 15) is 6.48 Å². The van der Waals surface area contributed by atoms with Crippen molar-refractivity contribution in [1.29, 1.82) is 0 Å². The molecule has 9 rings (SSSR count). The first-order valence-corrected chi connectivity index (χ1v) is 20.3. The van der Waals surface area contributed by atoms with Crippen LogP contribution in [0.15, 0.2) is 170 Å². The number of hydrogen-bond acceptors (Lipinski definition) is 3. The van der Waals surface area contributed by atoms with Crippen molar-refractivity contribution in [3.05, 3.63) is 192 Å². The van der Waals surface area contributed by atoms with E-state index in [1.807, 2.05) is 131 Å². The number of hydrogen-bond donors (Lipinski definition) is 1. The molecule has 300 valence electrons. The number of aromatic nitrogens is 3. The molecule has 61 heavy (non-hydrogen) atoms. The fraction of sp³-hybridized carbons (Fsp3) is 0.158. The highest BCUT2D eigenvalue weighted by molar-refractivity contribution is 5.98. The molecule has 0 aliphatic rings. The van der Waals surface area contributed by atoms with E-state index in [4.69, 9.17) is 22.3 Å². The Morgan fingerprint density at radius 1 is 0.590 bits per heavy atom. The number of fused-ring (bicyclic) bond motifs is 1. The monoisotopic (exact) mass is 803 g/mol. The van der Waals surface area contributed by atoms with E-state index >= 15 is 0 Å². The normalized spacial score (nSPS) is 15.0. The maximum absolute atomic E-state index is 11.8. The second kappa shape index (κ2) is 15.9. The summed E-state index contributed by atoms with van der Waals surface area (Å²) < 4.78 is 85.1. The van der Waals surface area contributed by atoms with Gasteiger partial charge in [0.1, 0.15) is 11.6 Å². The van der Waals surface area contributed by atoms with Gasteiger partial charge in [-0.3, -0.25) is 9.55 Å². The molecule has 0 radical (unpaired) electrons. The van der Waals surface area contributed by atoms with Crippen LogP contribution in [-0.2, 0) is 5.41 Å². The van der Waals surface area contributed by atoms with Gasteiger partial charge in [-0.1, -0.05) is 144 Å². The number of aryl methyl sites for hydroxylation is 2. The zero-order valence-corrected chi connectivity index (χ0v) is 34.5. The summed E-state index contributed by atoms with van der Waals surface area (Å²) in [6.07, 6.45) is 1.66. The van der Waals surface area contributed by atoms with E-state index in [0.29, 0.717) is 39.3 Å². The number of phenolic OH excluding ortho intramolecular Hbond substituents is 1. The topological polar surface area (TPSA) is 50.9 Å². The van der Waals surface area contributed by atoms with E-state index < -0.39 is 31.9 Å². The summed E-state index contributed by atoms with van der Waals surface area (Å²) in [5.41, 5.74) is 10.0. The fourth-order valence-corrected chi connectivity index (χ4v) is 8.27. The predicted octanol–water partition coefficient (Wildman–Crippen LogP) is 15.2. The van der Waals surface area contributed by atoms with Crippen LogP contribution >= 0.6 is 0 Å². The molecule has 2 heterocycles. The molecule has 0 saturated heterocycles. The van der Waals surface area contributed by atoms with Crippen molar-refractivity contribution < 1.29 is 18.8 Å². The van der Waals surface area contributed by atoms with Crippen molar-refractivity contribution in [2.45, 2.75) is 59.6 Å².